The second-order valence-corrected chi connectivity index (χ2v) is 4.70. The Morgan fingerprint density at radius 1 is 1.25 bits per heavy atom. The molecule has 2 nitrogen and oxygen atoms in total. The third-order valence-corrected chi connectivity index (χ3v) is 3.61. The van der Waals surface area contributed by atoms with Crippen LogP contribution in [0.1, 0.15) is 24.2 Å². The summed E-state index contributed by atoms with van der Waals surface area (Å²) in [5.41, 5.74) is 2.40. The summed E-state index contributed by atoms with van der Waals surface area (Å²) >= 11 is 1.75. The Morgan fingerprint density at radius 2 is 1.94 bits per heavy atom. The van der Waals surface area contributed by atoms with Crippen LogP contribution in [0.3, 0.4) is 0 Å². The Balaban J connectivity index is 2.31. The van der Waals surface area contributed by atoms with Crippen molar-refractivity contribution < 1.29 is 0 Å². The molecule has 0 fully saturated rings. The van der Waals surface area contributed by atoms with Gasteiger partial charge in [0.15, 0.2) is 0 Å². The molecule has 16 heavy (non-hydrogen) atoms. The molecule has 0 N–H and O–H groups in total. The molecule has 2 rings (SSSR count). The lowest BCUT2D eigenvalue weighted by Crippen LogP contribution is -2.07. The Morgan fingerprint density at radius 3 is 2.50 bits per heavy atom. The van der Waals surface area contributed by atoms with Crippen LogP contribution < -0.4 is 0 Å². The number of benzene rings is 1. The van der Waals surface area contributed by atoms with Gasteiger partial charge in [-0.3, -0.25) is 4.68 Å². The average molecular weight is 232 g/mol. The van der Waals surface area contributed by atoms with Crippen molar-refractivity contribution in [2.75, 3.05) is 6.26 Å². The van der Waals surface area contributed by atoms with Crippen molar-refractivity contribution >= 4 is 11.8 Å². The Bertz CT molecular complexity index is 462. The van der Waals surface area contributed by atoms with Gasteiger partial charge < -0.3 is 0 Å². The van der Waals surface area contributed by atoms with Gasteiger partial charge in [0.05, 0.1) is 11.7 Å². The van der Waals surface area contributed by atoms with E-state index in [1.165, 1.54) is 10.5 Å². The molecule has 2 aromatic rings. The normalized spacial score (nSPS) is 12.7. The minimum Gasteiger partial charge on any atom is -0.264 e. The number of rotatable bonds is 3. The maximum atomic E-state index is 4.55. The van der Waals surface area contributed by atoms with Gasteiger partial charge >= 0.3 is 0 Å². The first-order chi connectivity index (χ1) is 7.72. The molecule has 1 aromatic heterocycles. The highest BCUT2D eigenvalue weighted by atomic mass is 32.2. The number of aromatic nitrogens is 2. The molecule has 1 aromatic carbocycles. The topological polar surface area (TPSA) is 17.8 Å². The standard InChI is InChI=1S/C13H16N2S/c1-10-13(16-3)9-15(14-10)11(2)12-7-5-4-6-8-12/h4-9,11H,1-3H3/t11-/m0/s1. The lowest BCUT2D eigenvalue weighted by molar-refractivity contribution is 0.560. The van der Waals surface area contributed by atoms with Crippen molar-refractivity contribution in [1.82, 2.24) is 9.78 Å². The summed E-state index contributed by atoms with van der Waals surface area (Å²) in [6.45, 7) is 4.23. The zero-order chi connectivity index (χ0) is 11.5. The van der Waals surface area contributed by atoms with Crippen molar-refractivity contribution in [2.45, 2.75) is 24.8 Å². The molecular weight excluding hydrogens is 216 g/mol. The first-order valence-corrected chi connectivity index (χ1v) is 6.59. The molecule has 0 amide bonds. The van der Waals surface area contributed by atoms with Gasteiger partial charge in [-0.05, 0) is 25.7 Å². The summed E-state index contributed by atoms with van der Waals surface area (Å²) in [7, 11) is 0. The lowest BCUT2D eigenvalue weighted by Gasteiger charge is -2.12. The van der Waals surface area contributed by atoms with Gasteiger partial charge in [-0.1, -0.05) is 30.3 Å². The maximum Gasteiger partial charge on any atom is 0.0740 e. The van der Waals surface area contributed by atoms with E-state index in [0.29, 0.717) is 6.04 Å². The fourth-order valence-corrected chi connectivity index (χ4v) is 2.30. The van der Waals surface area contributed by atoms with Gasteiger partial charge in [-0.2, -0.15) is 5.10 Å². The van der Waals surface area contributed by atoms with Gasteiger partial charge in [0.25, 0.3) is 0 Å². The predicted octanol–water partition coefficient (Wildman–Crippen LogP) is 3.52. The van der Waals surface area contributed by atoms with Crippen molar-refractivity contribution in [1.29, 1.82) is 0 Å². The molecule has 0 unspecified atom stereocenters. The first-order valence-electron chi connectivity index (χ1n) is 5.37. The fourth-order valence-electron chi connectivity index (χ4n) is 1.75. The van der Waals surface area contributed by atoms with Crippen LogP contribution in [0.5, 0.6) is 0 Å². The van der Waals surface area contributed by atoms with Gasteiger partial charge in [0, 0.05) is 11.1 Å². The third-order valence-electron chi connectivity index (χ3n) is 2.77. The fraction of sp³-hybridized carbons (Fsp3) is 0.308. The zero-order valence-electron chi connectivity index (χ0n) is 9.84. The van der Waals surface area contributed by atoms with Crippen LogP contribution in [0.2, 0.25) is 0 Å². The van der Waals surface area contributed by atoms with E-state index in [-0.39, 0.29) is 0 Å². The molecule has 0 radical (unpaired) electrons. The van der Waals surface area contributed by atoms with E-state index in [0.717, 1.165) is 5.69 Å². The Kier molecular flexibility index (Phi) is 3.34. The number of aryl methyl sites for hydroxylation is 1. The molecule has 84 valence electrons. The van der Waals surface area contributed by atoms with Crippen molar-refractivity contribution in [3.05, 3.63) is 47.8 Å². The van der Waals surface area contributed by atoms with Gasteiger partial charge in [0.2, 0.25) is 0 Å². The molecule has 0 spiro atoms. The molecule has 0 bridgehead atoms. The number of thioether (sulfide) groups is 1. The molecule has 0 saturated carbocycles. The molecule has 0 aliphatic heterocycles. The van der Waals surface area contributed by atoms with Crippen LogP contribution in [-0.4, -0.2) is 16.0 Å². The molecule has 1 atom stereocenters. The molecule has 0 saturated heterocycles. The smallest absolute Gasteiger partial charge is 0.0740 e. The third kappa shape index (κ3) is 2.14. The summed E-state index contributed by atoms with van der Waals surface area (Å²) < 4.78 is 2.04. The minimum absolute atomic E-state index is 0.292. The van der Waals surface area contributed by atoms with E-state index < -0.39 is 0 Å². The zero-order valence-corrected chi connectivity index (χ0v) is 10.7. The molecule has 1 heterocycles. The number of nitrogens with zero attached hydrogens (tertiary/aromatic N) is 2. The first kappa shape index (κ1) is 11.3. The maximum absolute atomic E-state index is 4.55. The van der Waals surface area contributed by atoms with Gasteiger partial charge in [0.1, 0.15) is 0 Å². The summed E-state index contributed by atoms with van der Waals surface area (Å²) in [6.07, 6.45) is 4.21. The van der Waals surface area contributed by atoms with Crippen molar-refractivity contribution in [2.24, 2.45) is 0 Å². The van der Waals surface area contributed by atoms with Crippen LogP contribution >= 0.6 is 11.8 Å². The van der Waals surface area contributed by atoms with E-state index in [2.05, 4.69) is 55.7 Å². The average Bonchev–Trinajstić information content (AvgIpc) is 2.71. The van der Waals surface area contributed by atoms with Crippen LogP contribution in [0, 0.1) is 6.92 Å². The van der Waals surface area contributed by atoms with Gasteiger partial charge in [-0.25, -0.2) is 0 Å². The van der Waals surface area contributed by atoms with E-state index in [4.69, 9.17) is 0 Å². The SMILES string of the molecule is CSc1cn([C@@H](C)c2ccccc2)nc1C. The van der Waals surface area contributed by atoms with Gasteiger partial charge in [-0.15, -0.1) is 11.8 Å². The Hall–Kier alpha value is -1.22. The van der Waals surface area contributed by atoms with Crippen LogP contribution in [0.15, 0.2) is 41.4 Å². The molecule has 3 heteroatoms. The van der Waals surface area contributed by atoms with Crippen molar-refractivity contribution in [3.8, 4) is 0 Å². The summed E-state index contributed by atoms with van der Waals surface area (Å²) in [4.78, 5) is 1.25. The predicted molar refractivity (Wildman–Crippen MR) is 69.0 cm³/mol. The Labute approximate surface area is 101 Å². The van der Waals surface area contributed by atoms with E-state index >= 15 is 0 Å². The highest BCUT2D eigenvalue weighted by Crippen LogP contribution is 2.23. The lowest BCUT2D eigenvalue weighted by atomic mass is 10.1. The molecule has 0 aliphatic carbocycles. The number of hydrogen-bond acceptors (Lipinski definition) is 2. The molecule has 0 aliphatic rings. The summed E-state index contributed by atoms with van der Waals surface area (Å²) in [5, 5.41) is 4.55. The van der Waals surface area contributed by atoms with Crippen LogP contribution in [0.25, 0.3) is 0 Å². The minimum atomic E-state index is 0.292. The van der Waals surface area contributed by atoms with E-state index in [1.54, 1.807) is 11.8 Å². The van der Waals surface area contributed by atoms with Crippen molar-refractivity contribution in [3.63, 3.8) is 0 Å². The second-order valence-electron chi connectivity index (χ2n) is 3.85. The number of hydrogen-bond donors (Lipinski definition) is 0. The van der Waals surface area contributed by atoms with E-state index in [9.17, 15) is 0 Å². The summed E-state index contributed by atoms with van der Waals surface area (Å²) in [5.74, 6) is 0. The van der Waals surface area contributed by atoms with E-state index in [1.807, 2.05) is 10.7 Å². The highest BCUT2D eigenvalue weighted by molar-refractivity contribution is 7.98. The monoisotopic (exact) mass is 232 g/mol. The quantitative estimate of drug-likeness (QED) is 0.753. The van der Waals surface area contributed by atoms with Crippen LogP contribution in [-0.2, 0) is 0 Å². The largest absolute Gasteiger partial charge is 0.264 e. The summed E-state index contributed by atoms with van der Waals surface area (Å²) in [6, 6.07) is 10.7. The highest BCUT2D eigenvalue weighted by Gasteiger charge is 2.10. The second kappa shape index (κ2) is 4.74. The van der Waals surface area contributed by atoms with Crippen LogP contribution in [0.4, 0.5) is 0 Å². The molecular formula is C13H16N2S.